The van der Waals surface area contributed by atoms with Crippen LogP contribution in [0.5, 0.6) is 0 Å². The molecule has 2 rings (SSSR count). The number of halogens is 2. The fourth-order valence-corrected chi connectivity index (χ4v) is 2.45. The van der Waals surface area contributed by atoms with E-state index in [0.717, 1.165) is 20.0 Å². The van der Waals surface area contributed by atoms with Crippen LogP contribution in [-0.4, -0.2) is 4.98 Å². The molecule has 2 N–H and O–H groups in total. The van der Waals surface area contributed by atoms with Crippen molar-refractivity contribution in [3.63, 3.8) is 0 Å². The van der Waals surface area contributed by atoms with Crippen LogP contribution in [0.25, 0.3) is 0 Å². The third-order valence-electron chi connectivity index (χ3n) is 2.16. The van der Waals surface area contributed by atoms with Gasteiger partial charge in [0.05, 0.1) is 0 Å². The lowest BCUT2D eigenvalue weighted by atomic mass is 10.2. The number of hydrogen-bond acceptors (Lipinski definition) is 3. The summed E-state index contributed by atoms with van der Waals surface area (Å²) in [6.45, 7) is 0.316. The summed E-state index contributed by atoms with van der Waals surface area (Å²) in [6.07, 6.45) is 1.73. The molecule has 0 aliphatic carbocycles. The van der Waals surface area contributed by atoms with Gasteiger partial charge < -0.3 is 5.73 Å². The summed E-state index contributed by atoms with van der Waals surface area (Å²) in [5.74, 6) is -0.265. The van der Waals surface area contributed by atoms with Gasteiger partial charge >= 0.3 is 0 Å². The van der Waals surface area contributed by atoms with Crippen LogP contribution < -0.4 is 5.73 Å². The Morgan fingerprint density at radius 1 is 1.29 bits per heavy atom. The number of hydrogen-bond donors (Lipinski definition) is 1. The molecule has 2 aromatic rings. The monoisotopic (exact) mass is 312 g/mol. The zero-order chi connectivity index (χ0) is 12.3. The van der Waals surface area contributed by atoms with Gasteiger partial charge in [-0.1, -0.05) is 11.8 Å². The van der Waals surface area contributed by atoms with Crippen molar-refractivity contribution >= 4 is 27.7 Å². The second-order valence-corrected chi connectivity index (χ2v) is 5.35. The average Bonchev–Trinajstić information content (AvgIpc) is 2.34. The van der Waals surface area contributed by atoms with Crippen LogP contribution >= 0.6 is 27.7 Å². The van der Waals surface area contributed by atoms with Crippen LogP contribution in [0.15, 0.2) is 50.9 Å². The van der Waals surface area contributed by atoms with Crippen LogP contribution in [0.4, 0.5) is 4.39 Å². The van der Waals surface area contributed by atoms with E-state index in [2.05, 4.69) is 20.9 Å². The molecule has 5 heteroatoms. The third-order valence-corrected chi connectivity index (χ3v) is 3.70. The molecule has 17 heavy (non-hydrogen) atoms. The molecule has 1 aromatic carbocycles. The van der Waals surface area contributed by atoms with E-state index in [1.54, 1.807) is 12.3 Å². The molecule has 0 spiro atoms. The van der Waals surface area contributed by atoms with Crippen molar-refractivity contribution in [3.05, 3.63) is 52.4 Å². The first kappa shape index (κ1) is 12.5. The molecular weight excluding hydrogens is 303 g/mol. The van der Waals surface area contributed by atoms with Gasteiger partial charge in [-0.15, -0.1) is 0 Å². The highest BCUT2D eigenvalue weighted by Crippen LogP contribution is 2.29. The molecule has 0 aliphatic heterocycles. The van der Waals surface area contributed by atoms with Crippen molar-refractivity contribution in [1.29, 1.82) is 0 Å². The molecule has 0 radical (unpaired) electrons. The first-order valence-electron chi connectivity index (χ1n) is 4.97. The van der Waals surface area contributed by atoms with E-state index < -0.39 is 0 Å². The SMILES string of the molecule is NCc1cc(F)ccc1Sc1ccc(Br)cn1. The summed E-state index contributed by atoms with van der Waals surface area (Å²) in [5.41, 5.74) is 6.38. The minimum atomic E-state index is -0.265. The van der Waals surface area contributed by atoms with E-state index in [1.807, 2.05) is 12.1 Å². The molecule has 0 saturated carbocycles. The minimum absolute atomic E-state index is 0.265. The number of rotatable bonds is 3. The lowest BCUT2D eigenvalue weighted by molar-refractivity contribution is 0.623. The third kappa shape index (κ3) is 3.28. The molecule has 88 valence electrons. The highest BCUT2D eigenvalue weighted by molar-refractivity contribution is 9.10. The number of pyridine rings is 1. The van der Waals surface area contributed by atoms with Crippen LogP contribution in [0.2, 0.25) is 0 Å². The van der Waals surface area contributed by atoms with E-state index >= 15 is 0 Å². The Morgan fingerprint density at radius 3 is 2.76 bits per heavy atom. The molecule has 0 bridgehead atoms. The molecule has 0 unspecified atom stereocenters. The molecule has 0 atom stereocenters. The first-order chi connectivity index (χ1) is 8.19. The lowest BCUT2D eigenvalue weighted by Gasteiger charge is -2.06. The quantitative estimate of drug-likeness (QED) is 0.941. The maximum Gasteiger partial charge on any atom is 0.123 e. The van der Waals surface area contributed by atoms with Crippen LogP contribution in [0.3, 0.4) is 0 Å². The second kappa shape index (κ2) is 5.62. The van der Waals surface area contributed by atoms with Crippen molar-refractivity contribution in [2.24, 2.45) is 5.73 Å². The predicted octanol–water partition coefficient (Wildman–Crippen LogP) is 3.59. The van der Waals surface area contributed by atoms with Crippen LogP contribution in [-0.2, 0) is 6.54 Å². The molecule has 1 heterocycles. The zero-order valence-corrected chi connectivity index (χ0v) is 11.3. The second-order valence-electron chi connectivity index (χ2n) is 3.37. The predicted molar refractivity (Wildman–Crippen MR) is 70.4 cm³/mol. The Hall–Kier alpha value is -0.910. The molecular formula is C12H10BrFN2S. The summed E-state index contributed by atoms with van der Waals surface area (Å²) in [4.78, 5) is 5.19. The van der Waals surface area contributed by atoms with Crippen molar-refractivity contribution in [3.8, 4) is 0 Å². The Labute approximate surface area is 112 Å². The van der Waals surface area contributed by atoms with Crippen molar-refractivity contribution in [2.45, 2.75) is 16.5 Å². The van der Waals surface area contributed by atoms with Crippen LogP contribution in [0, 0.1) is 5.82 Å². The smallest absolute Gasteiger partial charge is 0.123 e. The van der Waals surface area contributed by atoms with Crippen molar-refractivity contribution in [1.82, 2.24) is 4.98 Å². The van der Waals surface area contributed by atoms with E-state index in [1.165, 1.54) is 23.9 Å². The molecule has 2 nitrogen and oxygen atoms in total. The normalized spacial score (nSPS) is 10.5. The van der Waals surface area contributed by atoms with Crippen LogP contribution in [0.1, 0.15) is 5.56 Å². The summed E-state index contributed by atoms with van der Waals surface area (Å²) < 4.78 is 14.0. The van der Waals surface area contributed by atoms with E-state index in [0.29, 0.717) is 6.54 Å². The van der Waals surface area contributed by atoms with Gasteiger partial charge in [-0.25, -0.2) is 9.37 Å². The topological polar surface area (TPSA) is 38.9 Å². The average molecular weight is 313 g/mol. The summed E-state index contributed by atoms with van der Waals surface area (Å²) in [5, 5.41) is 0.856. The fraction of sp³-hybridized carbons (Fsp3) is 0.0833. The molecule has 0 amide bonds. The van der Waals surface area contributed by atoms with E-state index in [-0.39, 0.29) is 5.82 Å². The van der Waals surface area contributed by atoms with Gasteiger partial charge in [0, 0.05) is 22.1 Å². The molecule has 0 aliphatic rings. The Bertz CT molecular complexity index is 516. The maximum atomic E-state index is 13.0. The standard InChI is InChI=1S/C12H10BrFN2S/c13-9-1-4-12(16-7-9)17-11-3-2-10(14)5-8(11)6-15/h1-5,7H,6,15H2. The number of aromatic nitrogens is 1. The minimum Gasteiger partial charge on any atom is -0.326 e. The summed E-state index contributed by atoms with van der Waals surface area (Å²) >= 11 is 4.80. The molecule has 0 fully saturated rings. The van der Waals surface area contributed by atoms with Gasteiger partial charge in [0.2, 0.25) is 0 Å². The van der Waals surface area contributed by atoms with Gasteiger partial charge in [0.25, 0.3) is 0 Å². The number of benzene rings is 1. The first-order valence-corrected chi connectivity index (χ1v) is 6.58. The molecule has 1 aromatic heterocycles. The lowest BCUT2D eigenvalue weighted by Crippen LogP contribution is -1.99. The van der Waals surface area contributed by atoms with E-state index in [9.17, 15) is 4.39 Å². The van der Waals surface area contributed by atoms with Gasteiger partial charge in [-0.05, 0) is 51.8 Å². The largest absolute Gasteiger partial charge is 0.326 e. The molecule has 0 saturated heterocycles. The zero-order valence-electron chi connectivity index (χ0n) is 8.86. The van der Waals surface area contributed by atoms with Gasteiger partial charge in [-0.3, -0.25) is 0 Å². The van der Waals surface area contributed by atoms with E-state index in [4.69, 9.17) is 5.73 Å². The highest BCUT2D eigenvalue weighted by atomic mass is 79.9. The van der Waals surface area contributed by atoms with Crippen molar-refractivity contribution < 1.29 is 4.39 Å². The van der Waals surface area contributed by atoms with Crippen molar-refractivity contribution in [2.75, 3.05) is 0 Å². The van der Waals surface area contributed by atoms with Gasteiger partial charge in [0.1, 0.15) is 10.8 Å². The Morgan fingerprint density at radius 2 is 2.12 bits per heavy atom. The van der Waals surface area contributed by atoms with Gasteiger partial charge in [-0.2, -0.15) is 0 Å². The summed E-state index contributed by atoms with van der Waals surface area (Å²) in [7, 11) is 0. The Kier molecular flexibility index (Phi) is 4.15. The Balaban J connectivity index is 2.26. The maximum absolute atomic E-state index is 13.0. The number of nitrogens with zero attached hydrogens (tertiary/aromatic N) is 1. The van der Waals surface area contributed by atoms with Gasteiger partial charge in [0.15, 0.2) is 0 Å². The number of nitrogens with two attached hydrogens (primary N) is 1. The highest BCUT2D eigenvalue weighted by Gasteiger charge is 2.05. The summed E-state index contributed by atoms with van der Waals surface area (Å²) in [6, 6.07) is 8.44. The fourth-order valence-electron chi connectivity index (χ4n) is 1.34.